The highest BCUT2D eigenvalue weighted by Crippen LogP contribution is 2.28. The van der Waals surface area contributed by atoms with Crippen LogP contribution in [0.25, 0.3) is 0 Å². The lowest BCUT2D eigenvalue weighted by Crippen LogP contribution is -2.52. The van der Waals surface area contributed by atoms with Gasteiger partial charge in [0.25, 0.3) is 0 Å². The normalized spacial score (nSPS) is 18.2. The summed E-state index contributed by atoms with van der Waals surface area (Å²) < 4.78 is 0. The Morgan fingerprint density at radius 1 is 1.14 bits per heavy atom. The Kier molecular flexibility index (Phi) is 9.50. The van der Waals surface area contributed by atoms with Gasteiger partial charge >= 0.3 is 0 Å². The molecule has 0 radical (unpaired) electrons. The molecule has 1 N–H and O–H groups in total. The number of hydrogen-bond acceptors (Lipinski definition) is 3. The lowest BCUT2D eigenvalue weighted by atomic mass is 9.84. The van der Waals surface area contributed by atoms with Crippen molar-refractivity contribution in [2.75, 3.05) is 53.4 Å². The number of hydrogen-bond donors (Lipinski definition) is 1. The lowest BCUT2D eigenvalue weighted by Gasteiger charge is -2.38. The van der Waals surface area contributed by atoms with E-state index in [4.69, 9.17) is 4.99 Å². The number of rotatable bonds is 6. The zero-order valence-electron chi connectivity index (χ0n) is 17.1. The van der Waals surface area contributed by atoms with Gasteiger partial charge in [0.15, 0.2) is 5.96 Å². The van der Waals surface area contributed by atoms with Gasteiger partial charge < -0.3 is 15.1 Å². The summed E-state index contributed by atoms with van der Waals surface area (Å²) in [7, 11) is 4.03. The number of piperazine rings is 1. The van der Waals surface area contributed by atoms with Crippen molar-refractivity contribution in [1.82, 2.24) is 20.0 Å². The van der Waals surface area contributed by atoms with Gasteiger partial charge in [0.2, 0.25) is 5.91 Å². The van der Waals surface area contributed by atoms with E-state index in [0.29, 0.717) is 18.4 Å². The first-order valence-electron chi connectivity index (χ1n) is 10.1. The molecule has 0 aromatic heterocycles. The van der Waals surface area contributed by atoms with E-state index in [1.165, 1.54) is 12.0 Å². The maximum atomic E-state index is 12.3. The Bertz CT molecular complexity index is 625. The summed E-state index contributed by atoms with van der Waals surface area (Å²) in [6.07, 6.45) is 3.42. The fourth-order valence-corrected chi connectivity index (χ4v) is 3.54. The highest BCUT2D eigenvalue weighted by atomic mass is 127. The fourth-order valence-electron chi connectivity index (χ4n) is 3.54. The van der Waals surface area contributed by atoms with Crippen LogP contribution in [-0.2, 0) is 11.3 Å². The van der Waals surface area contributed by atoms with Gasteiger partial charge in [-0.3, -0.25) is 9.69 Å². The molecule has 1 heterocycles. The summed E-state index contributed by atoms with van der Waals surface area (Å²) >= 11 is 0. The van der Waals surface area contributed by atoms with Crippen LogP contribution in [0.15, 0.2) is 35.3 Å². The van der Waals surface area contributed by atoms with Crippen LogP contribution in [0.4, 0.5) is 0 Å². The molecule has 2 fully saturated rings. The lowest BCUT2D eigenvalue weighted by molar-refractivity contribution is -0.139. The molecule has 0 atom stereocenters. The maximum absolute atomic E-state index is 12.3. The van der Waals surface area contributed by atoms with Gasteiger partial charge in [-0.15, -0.1) is 24.0 Å². The standard InChI is InChI=1S/C21H33N5O.HI/c1-24(2)21(23-17-18-7-4-3-5-8-18)22-11-12-25-13-15-26(16-14-25)20(27)19-9-6-10-19;/h3-5,7-8,19H,6,9-17H2,1-2H3,(H,22,23);1H. The molecule has 7 heteroatoms. The molecule has 156 valence electrons. The SMILES string of the molecule is CN(C)C(=NCc1ccccc1)NCCN1CCN(C(=O)C2CCC2)CC1.I. The minimum absolute atomic E-state index is 0. The molecule has 1 aliphatic carbocycles. The smallest absolute Gasteiger partial charge is 0.225 e. The van der Waals surface area contributed by atoms with Crippen LogP contribution in [0.3, 0.4) is 0 Å². The van der Waals surface area contributed by atoms with Crippen LogP contribution in [0.2, 0.25) is 0 Å². The predicted molar refractivity (Wildman–Crippen MR) is 125 cm³/mol. The molecule has 1 saturated carbocycles. The molecule has 1 aromatic carbocycles. The molecule has 1 saturated heterocycles. The Labute approximate surface area is 186 Å². The molecule has 2 aliphatic rings. The van der Waals surface area contributed by atoms with Crippen LogP contribution < -0.4 is 5.32 Å². The van der Waals surface area contributed by atoms with E-state index < -0.39 is 0 Å². The second-order valence-electron chi connectivity index (χ2n) is 7.74. The van der Waals surface area contributed by atoms with Crippen LogP contribution in [-0.4, -0.2) is 79.9 Å². The summed E-state index contributed by atoms with van der Waals surface area (Å²) in [5, 5.41) is 3.46. The minimum atomic E-state index is 0. The Morgan fingerprint density at radius 2 is 1.82 bits per heavy atom. The molecule has 1 amide bonds. The molecule has 0 bridgehead atoms. The van der Waals surface area contributed by atoms with E-state index in [-0.39, 0.29) is 24.0 Å². The number of nitrogens with one attached hydrogen (secondary N) is 1. The number of carbonyl (C=O) groups is 1. The zero-order valence-corrected chi connectivity index (χ0v) is 19.5. The molecule has 6 nitrogen and oxygen atoms in total. The number of amides is 1. The van der Waals surface area contributed by atoms with Gasteiger partial charge in [-0.1, -0.05) is 36.8 Å². The van der Waals surface area contributed by atoms with Crippen molar-refractivity contribution >= 4 is 35.8 Å². The average Bonchev–Trinajstić information content (AvgIpc) is 2.64. The van der Waals surface area contributed by atoms with Crippen molar-refractivity contribution in [3.63, 3.8) is 0 Å². The summed E-state index contributed by atoms with van der Waals surface area (Å²) in [6, 6.07) is 10.3. The molecule has 0 spiro atoms. The van der Waals surface area contributed by atoms with Gasteiger partial charge in [-0.05, 0) is 18.4 Å². The molecule has 1 aliphatic heterocycles. The molecular weight excluding hydrogens is 465 g/mol. The van der Waals surface area contributed by atoms with Crippen molar-refractivity contribution < 1.29 is 4.79 Å². The quantitative estimate of drug-likeness (QED) is 0.371. The first kappa shape index (κ1) is 22.9. The third-order valence-electron chi connectivity index (χ3n) is 5.53. The summed E-state index contributed by atoms with van der Waals surface area (Å²) in [4.78, 5) is 23.6. The number of benzene rings is 1. The number of halogens is 1. The largest absolute Gasteiger partial charge is 0.355 e. The molecular formula is C21H34IN5O. The molecule has 3 rings (SSSR count). The van der Waals surface area contributed by atoms with Crippen molar-refractivity contribution in [3.05, 3.63) is 35.9 Å². The maximum Gasteiger partial charge on any atom is 0.225 e. The number of aliphatic imine (C=N–C) groups is 1. The third kappa shape index (κ3) is 6.62. The first-order chi connectivity index (χ1) is 13.1. The van der Waals surface area contributed by atoms with Gasteiger partial charge in [0.05, 0.1) is 6.54 Å². The van der Waals surface area contributed by atoms with Crippen molar-refractivity contribution in [2.24, 2.45) is 10.9 Å². The van der Waals surface area contributed by atoms with E-state index in [0.717, 1.165) is 58.1 Å². The fraction of sp³-hybridized carbons (Fsp3) is 0.619. The van der Waals surface area contributed by atoms with Gasteiger partial charge in [0.1, 0.15) is 0 Å². The zero-order chi connectivity index (χ0) is 19.1. The predicted octanol–water partition coefficient (Wildman–Crippen LogP) is 2.26. The van der Waals surface area contributed by atoms with E-state index in [9.17, 15) is 4.79 Å². The van der Waals surface area contributed by atoms with Crippen LogP contribution in [0.1, 0.15) is 24.8 Å². The monoisotopic (exact) mass is 499 g/mol. The second-order valence-corrected chi connectivity index (χ2v) is 7.74. The number of nitrogens with zero attached hydrogens (tertiary/aromatic N) is 4. The average molecular weight is 499 g/mol. The van der Waals surface area contributed by atoms with Gasteiger partial charge in [-0.25, -0.2) is 4.99 Å². The van der Waals surface area contributed by atoms with Crippen molar-refractivity contribution in [3.8, 4) is 0 Å². The van der Waals surface area contributed by atoms with Crippen LogP contribution in [0, 0.1) is 5.92 Å². The van der Waals surface area contributed by atoms with Gasteiger partial charge in [-0.2, -0.15) is 0 Å². The second kappa shape index (κ2) is 11.6. The highest BCUT2D eigenvalue weighted by molar-refractivity contribution is 14.0. The minimum Gasteiger partial charge on any atom is -0.355 e. The number of guanidine groups is 1. The summed E-state index contributed by atoms with van der Waals surface area (Å²) in [6.45, 7) is 6.21. The van der Waals surface area contributed by atoms with Crippen molar-refractivity contribution in [2.45, 2.75) is 25.8 Å². The topological polar surface area (TPSA) is 51.2 Å². The molecule has 1 aromatic rings. The van der Waals surface area contributed by atoms with Crippen LogP contribution >= 0.6 is 24.0 Å². The Morgan fingerprint density at radius 3 is 2.39 bits per heavy atom. The Balaban J connectivity index is 0.00000280. The summed E-state index contributed by atoms with van der Waals surface area (Å²) in [5.41, 5.74) is 1.21. The van der Waals surface area contributed by atoms with E-state index in [2.05, 4.69) is 27.2 Å². The molecule has 28 heavy (non-hydrogen) atoms. The van der Waals surface area contributed by atoms with E-state index in [1.54, 1.807) is 0 Å². The number of carbonyl (C=O) groups excluding carboxylic acids is 1. The summed E-state index contributed by atoms with van der Waals surface area (Å²) in [5.74, 6) is 1.63. The first-order valence-corrected chi connectivity index (χ1v) is 10.1. The van der Waals surface area contributed by atoms with E-state index >= 15 is 0 Å². The van der Waals surface area contributed by atoms with Crippen molar-refractivity contribution in [1.29, 1.82) is 0 Å². The highest BCUT2D eigenvalue weighted by Gasteiger charge is 2.30. The van der Waals surface area contributed by atoms with Crippen LogP contribution in [0.5, 0.6) is 0 Å². The van der Waals surface area contributed by atoms with E-state index in [1.807, 2.05) is 37.2 Å². The Hall–Kier alpha value is -1.35. The van der Waals surface area contributed by atoms with Gasteiger partial charge in [0, 0.05) is 59.3 Å². The molecule has 0 unspecified atom stereocenters. The third-order valence-corrected chi connectivity index (χ3v) is 5.53.